The van der Waals surface area contributed by atoms with Crippen LogP contribution in [-0.2, 0) is 6.42 Å². The van der Waals surface area contributed by atoms with Crippen molar-refractivity contribution in [1.29, 1.82) is 0 Å². The van der Waals surface area contributed by atoms with Crippen LogP contribution < -0.4 is 5.32 Å². The van der Waals surface area contributed by atoms with Gasteiger partial charge in [-0.2, -0.15) is 11.8 Å². The maximum atomic E-state index is 4.47. The van der Waals surface area contributed by atoms with Gasteiger partial charge in [-0.3, -0.25) is 4.40 Å². The Morgan fingerprint density at radius 3 is 2.79 bits per heavy atom. The van der Waals surface area contributed by atoms with Crippen molar-refractivity contribution in [2.45, 2.75) is 25.3 Å². The third kappa shape index (κ3) is 4.21. The Morgan fingerprint density at radius 2 is 1.86 bits per heavy atom. The molecule has 0 aliphatic heterocycles. The van der Waals surface area contributed by atoms with E-state index in [2.05, 4.69) is 74.8 Å². The summed E-state index contributed by atoms with van der Waals surface area (Å²) in [7, 11) is 0. The molecule has 0 aliphatic rings. The molecule has 4 aromatic rings. The molecule has 0 saturated carbocycles. The molecular weight excluding hydrogens is 364 g/mol. The normalized spacial score (nSPS) is 12.6. The fourth-order valence-corrected chi connectivity index (χ4v) is 4.19. The van der Waals surface area contributed by atoms with E-state index in [9.17, 15) is 0 Å². The van der Waals surface area contributed by atoms with Gasteiger partial charge in [0.05, 0.1) is 6.04 Å². The molecule has 4 rings (SSSR count). The molecule has 0 spiro atoms. The van der Waals surface area contributed by atoms with Gasteiger partial charge in [0, 0.05) is 6.20 Å². The zero-order chi connectivity index (χ0) is 19.2. The van der Waals surface area contributed by atoms with Crippen molar-refractivity contribution >= 4 is 28.2 Å². The lowest BCUT2D eigenvalue weighted by Gasteiger charge is -2.17. The van der Waals surface area contributed by atoms with E-state index in [0.717, 1.165) is 43.0 Å². The van der Waals surface area contributed by atoms with Gasteiger partial charge in [0.15, 0.2) is 11.5 Å². The first kappa shape index (κ1) is 19.0. The van der Waals surface area contributed by atoms with E-state index in [4.69, 9.17) is 0 Å². The molecule has 0 saturated heterocycles. The predicted octanol–water partition coefficient (Wildman–Crippen LogP) is 4.90. The number of aryl methyl sites for hydroxylation is 1. The zero-order valence-corrected chi connectivity index (χ0v) is 17.0. The molecule has 1 N–H and O–H groups in total. The summed E-state index contributed by atoms with van der Waals surface area (Å²) < 4.78 is 2.10. The summed E-state index contributed by atoms with van der Waals surface area (Å²) in [6, 6.07) is 21.5. The fourth-order valence-electron chi connectivity index (χ4n) is 3.72. The summed E-state index contributed by atoms with van der Waals surface area (Å²) in [4.78, 5) is 0. The molecule has 2 aromatic heterocycles. The van der Waals surface area contributed by atoms with Crippen LogP contribution >= 0.6 is 11.8 Å². The number of hydrogen-bond acceptors (Lipinski definition) is 4. The number of rotatable bonds is 9. The first-order valence-corrected chi connectivity index (χ1v) is 11.2. The molecular formula is C23H26N4S. The highest BCUT2D eigenvalue weighted by atomic mass is 32.2. The van der Waals surface area contributed by atoms with E-state index in [1.54, 1.807) is 0 Å². The smallest absolute Gasteiger partial charge is 0.160 e. The molecule has 4 nitrogen and oxygen atoms in total. The van der Waals surface area contributed by atoms with Crippen LogP contribution in [0.3, 0.4) is 0 Å². The van der Waals surface area contributed by atoms with Gasteiger partial charge in [0.1, 0.15) is 0 Å². The molecule has 0 amide bonds. The van der Waals surface area contributed by atoms with E-state index < -0.39 is 0 Å². The molecule has 1 atom stereocenters. The number of fused-ring (bicyclic) bond motifs is 2. The number of aromatic nitrogens is 3. The predicted molar refractivity (Wildman–Crippen MR) is 119 cm³/mol. The molecule has 2 heterocycles. The Bertz CT molecular complexity index is 1040. The summed E-state index contributed by atoms with van der Waals surface area (Å²) in [5.41, 5.74) is 2.33. The molecule has 0 bridgehead atoms. The molecule has 0 radical (unpaired) electrons. The van der Waals surface area contributed by atoms with Crippen LogP contribution in [0.2, 0.25) is 0 Å². The van der Waals surface area contributed by atoms with Crippen LogP contribution in [0.4, 0.5) is 0 Å². The minimum absolute atomic E-state index is 0.220. The number of benzene rings is 2. The van der Waals surface area contributed by atoms with E-state index in [1.165, 1.54) is 16.3 Å². The Labute approximate surface area is 170 Å². The number of thioether (sulfide) groups is 1. The highest BCUT2D eigenvalue weighted by Gasteiger charge is 2.17. The average molecular weight is 391 g/mol. The summed E-state index contributed by atoms with van der Waals surface area (Å²) in [6.45, 7) is 0.962. The molecule has 144 valence electrons. The van der Waals surface area contributed by atoms with Crippen molar-refractivity contribution < 1.29 is 0 Å². The van der Waals surface area contributed by atoms with Crippen LogP contribution in [0.5, 0.6) is 0 Å². The van der Waals surface area contributed by atoms with E-state index >= 15 is 0 Å². The van der Waals surface area contributed by atoms with Crippen molar-refractivity contribution in [1.82, 2.24) is 19.9 Å². The first-order chi connectivity index (χ1) is 13.9. The van der Waals surface area contributed by atoms with Crippen molar-refractivity contribution in [2.24, 2.45) is 0 Å². The Morgan fingerprint density at radius 1 is 1.00 bits per heavy atom. The molecule has 1 unspecified atom stereocenters. The van der Waals surface area contributed by atoms with Crippen LogP contribution in [0.25, 0.3) is 16.4 Å². The van der Waals surface area contributed by atoms with Crippen molar-refractivity contribution in [2.75, 3.05) is 18.6 Å². The van der Waals surface area contributed by atoms with Gasteiger partial charge in [-0.15, -0.1) is 10.2 Å². The highest BCUT2D eigenvalue weighted by Crippen LogP contribution is 2.21. The van der Waals surface area contributed by atoms with E-state index in [-0.39, 0.29) is 6.04 Å². The number of pyridine rings is 1. The van der Waals surface area contributed by atoms with Gasteiger partial charge in [-0.05, 0) is 66.3 Å². The van der Waals surface area contributed by atoms with Gasteiger partial charge < -0.3 is 5.32 Å². The van der Waals surface area contributed by atoms with Gasteiger partial charge in [-0.1, -0.05) is 48.5 Å². The lowest BCUT2D eigenvalue weighted by Crippen LogP contribution is -2.25. The summed E-state index contributed by atoms with van der Waals surface area (Å²) >= 11 is 1.87. The maximum Gasteiger partial charge on any atom is 0.160 e. The van der Waals surface area contributed by atoms with Gasteiger partial charge in [0.25, 0.3) is 0 Å². The number of hydrogen-bond donors (Lipinski definition) is 1. The largest absolute Gasteiger partial charge is 0.307 e. The second-order valence-electron chi connectivity index (χ2n) is 7.02. The second-order valence-corrected chi connectivity index (χ2v) is 8.00. The minimum Gasteiger partial charge on any atom is -0.307 e. The highest BCUT2D eigenvalue weighted by molar-refractivity contribution is 7.98. The monoisotopic (exact) mass is 390 g/mol. The van der Waals surface area contributed by atoms with Crippen LogP contribution in [0, 0.1) is 0 Å². The topological polar surface area (TPSA) is 42.2 Å². The second kappa shape index (κ2) is 9.22. The van der Waals surface area contributed by atoms with Gasteiger partial charge in [-0.25, -0.2) is 0 Å². The summed E-state index contributed by atoms with van der Waals surface area (Å²) in [5, 5.41) is 15.2. The Balaban J connectivity index is 1.42. The third-order valence-corrected chi connectivity index (χ3v) is 5.80. The minimum atomic E-state index is 0.220. The van der Waals surface area contributed by atoms with Crippen LogP contribution in [0.1, 0.15) is 30.3 Å². The fraction of sp³-hybridized carbons (Fsp3) is 0.304. The number of nitrogens with zero attached hydrogens (tertiary/aromatic N) is 3. The third-order valence-electron chi connectivity index (χ3n) is 5.16. The Kier molecular flexibility index (Phi) is 6.24. The lowest BCUT2D eigenvalue weighted by molar-refractivity contribution is 0.487. The van der Waals surface area contributed by atoms with Crippen molar-refractivity contribution in [3.63, 3.8) is 0 Å². The van der Waals surface area contributed by atoms with Gasteiger partial charge in [0.2, 0.25) is 0 Å². The molecule has 5 heteroatoms. The van der Waals surface area contributed by atoms with E-state index in [1.807, 2.05) is 30.0 Å². The summed E-state index contributed by atoms with van der Waals surface area (Å²) in [6.07, 6.45) is 7.42. The van der Waals surface area contributed by atoms with Crippen molar-refractivity contribution in [3.05, 3.63) is 78.2 Å². The molecule has 28 heavy (non-hydrogen) atoms. The van der Waals surface area contributed by atoms with Crippen molar-refractivity contribution in [3.8, 4) is 0 Å². The summed E-state index contributed by atoms with van der Waals surface area (Å²) in [5.74, 6) is 2.11. The Hall–Kier alpha value is -2.37. The first-order valence-electron chi connectivity index (χ1n) is 9.85. The van der Waals surface area contributed by atoms with E-state index in [0.29, 0.717) is 0 Å². The number of nitrogens with one attached hydrogen (secondary N) is 1. The standard InChI is InChI=1S/C23H26N4S/c1-28-17-14-21(23-26-25-22-13-4-5-16-27(22)23)24-15-7-11-19-10-6-9-18-8-2-3-12-20(18)19/h2-6,8-10,12-13,16,21,24H,7,11,14-15,17H2,1H3. The lowest BCUT2D eigenvalue weighted by atomic mass is 10.0. The zero-order valence-electron chi connectivity index (χ0n) is 16.2. The maximum absolute atomic E-state index is 4.47. The molecule has 0 fully saturated rings. The molecule has 0 aliphatic carbocycles. The van der Waals surface area contributed by atoms with Crippen LogP contribution in [-0.4, -0.2) is 33.2 Å². The van der Waals surface area contributed by atoms with Crippen LogP contribution in [0.15, 0.2) is 66.9 Å². The quantitative estimate of drug-likeness (QED) is 0.413. The molecule has 2 aromatic carbocycles. The van der Waals surface area contributed by atoms with Gasteiger partial charge >= 0.3 is 0 Å². The average Bonchev–Trinajstić information content (AvgIpc) is 3.17. The SMILES string of the molecule is CSCCC(NCCCc1cccc2ccccc12)c1nnc2ccccn12.